The number of aliphatic hydroxyl groups is 1. The Morgan fingerprint density at radius 3 is 2.69 bits per heavy atom. The molecule has 0 saturated heterocycles. The number of nitrogens with zero attached hydrogens (tertiary/aromatic N) is 1. The standard InChI is InChI=1S/C9H12N2O5/c1-16-8-3-5(6(10)4-12)2-7(9(8)13)11(14)15/h2-3,6,12-13H,4,10H2,1H3/t6-/m0/s1. The summed E-state index contributed by atoms with van der Waals surface area (Å²) >= 11 is 0. The van der Waals surface area contributed by atoms with Gasteiger partial charge >= 0.3 is 5.69 Å². The van der Waals surface area contributed by atoms with Crippen molar-refractivity contribution in [2.75, 3.05) is 13.7 Å². The van der Waals surface area contributed by atoms with Crippen molar-refractivity contribution >= 4 is 5.69 Å². The Morgan fingerprint density at radius 1 is 1.62 bits per heavy atom. The molecule has 7 heteroatoms. The lowest BCUT2D eigenvalue weighted by Crippen LogP contribution is -2.14. The molecule has 0 unspecified atom stereocenters. The molecule has 0 heterocycles. The summed E-state index contributed by atoms with van der Waals surface area (Å²) in [6.07, 6.45) is 0. The van der Waals surface area contributed by atoms with Gasteiger partial charge in [-0.05, 0) is 11.6 Å². The van der Waals surface area contributed by atoms with Gasteiger partial charge in [-0.3, -0.25) is 10.1 Å². The van der Waals surface area contributed by atoms with E-state index in [4.69, 9.17) is 15.6 Å². The minimum absolute atomic E-state index is 0.0481. The Labute approximate surface area is 91.2 Å². The summed E-state index contributed by atoms with van der Waals surface area (Å²) in [6, 6.07) is 1.70. The van der Waals surface area contributed by atoms with Crippen LogP contribution in [0.15, 0.2) is 12.1 Å². The van der Waals surface area contributed by atoms with E-state index in [-0.39, 0.29) is 12.4 Å². The van der Waals surface area contributed by atoms with E-state index < -0.39 is 22.4 Å². The normalized spacial score (nSPS) is 12.2. The van der Waals surface area contributed by atoms with Gasteiger partial charge in [0.25, 0.3) is 0 Å². The molecule has 0 fully saturated rings. The lowest BCUT2D eigenvalue weighted by Gasteiger charge is -2.11. The monoisotopic (exact) mass is 228 g/mol. The third kappa shape index (κ3) is 2.20. The Bertz CT molecular complexity index is 407. The first-order valence-corrected chi connectivity index (χ1v) is 4.43. The number of phenolic OH excluding ortho intramolecular Hbond substituents is 1. The topological polar surface area (TPSA) is 119 Å². The minimum atomic E-state index is -0.756. The van der Waals surface area contributed by atoms with E-state index in [0.717, 1.165) is 6.07 Å². The molecule has 0 spiro atoms. The van der Waals surface area contributed by atoms with Crippen LogP contribution in [0.25, 0.3) is 0 Å². The lowest BCUT2D eigenvalue weighted by atomic mass is 10.1. The minimum Gasteiger partial charge on any atom is -0.500 e. The quantitative estimate of drug-likeness (QED) is 0.503. The van der Waals surface area contributed by atoms with Crippen molar-refractivity contribution in [3.63, 3.8) is 0 Å². The van der Waals surface area contributed by atoms with Gasteiger partial charge in [-0.25, -0.2) is 0 Å². The number of aliphatic hydroxyl groups excluding tert-OH is 1. The Kier molecular flexibility index (Phi) is 3.64. The molecule has 0 aliphatic rings. The van der Waals surface area contributed by atoms with E-state index >= 15 is 0 Å². The summed E-state index contributed by atoms with van der Waals surface area (Å²) in [5.74, 6) is -0.602. The van der Waals surface area contributed by atoms with Crippen molar-refractivity contribution in [3.8, 4) is 11.5 Å². The third-order valence-corrected chi connectivity index (χ3v) is 2.12. The van der Waals surface area contributed by atoms with E-state index in [1.54, 1.807) is 0 Å². The molecule has 0 amide bonds. The van der Waals surface area contributed by atoms with Crippen LogP contribution in [0.1, 0.15) is 11.6 Å². The molecule has 0 aliphatic carbocycles. The number of nitro benzene ring substituents is 1. The summed E-state index contributed by atoms with van der Waals surface area (Å²) in [4.78, 5) is 9.90. The number of aromatic hydroxyl groups is 1. The number of phenols is 1. The van der Waals surface area contributed by atoms with Gasteiger partial charge in [0.05, 0.1) is 24.7 Å². The van der Waals surface area contributed by atoms with E-state index in [1.807, 2.05) is 0 Å². The zero-order valence-corrected chi connectivity index (χ0v) is 8.58. The maximum absolute atomic E-state index is 10.6. The van der Waals surface area contributed by atoms with Crippen LogP contribution < -0.4 is 10.5 Å². The van der Waals surface area contributed by atoms with Crippen LogP contribution in [-0.4, -0.2) is 28.9 Å². The van der Waals surface area contributed by atoms with Gasteiger partial charge in [-0.2, -0.15) is 0 Å². The summed E-state index contributed by atoms with van der Waals surface area (Å²) in [6.45, 7) is -0.356. The molecule has 0 bridgehead atoms. The summed E-state index contributed by atoms with van der Waals surface area (Å²) < 4.78 is 4.78. The van der Waals surface area contributed by atoms with Crippen LogP contribution in [0.5, 0.6) is 11.5 Å². The van der Waals surface area contributed by atoms with E-state index in [1.165, 1.54) is 13.2 Å². The number of benzene rings is 1. The summed E-state index contributed by atoms with van der Waals surface area (Å²) in [7, 11) is 1.27. The second kappa shape index (κ2) is 4.77. The molecule has 1 aromatic rings. The summed E-state index contributed by atoms with van der Waals surface area (Å²) in [5.41, 5.74) is 5.35. The number of hydrogen-bond acceptors (Lipinski definition) is 6. The van der Waals surface area contributed by atoms with Gasteiger partial charge in [0, 0.05) is 6.07 Å². The molecule has 7 nitrogen and oxygen atoms in total. The van der Waals surface area contributed by atoms with Gasteiger partial charge in [0.1, 0.15) is 0 Å². The molecular formula is C9H12N2O5. The Morgan fingerprint density at radius 2 is 2.25 bits per heavy atom. The van der Waals surface area contributed by atoms with Crippen molar-refractivity contribution < 1.29 is 19.9 Å². The van der Waals surface area contributed by atoms with E-state index in [0.29, 0.717) is 5.56 Å². The average Bonchev–Trinajstić information content (AvgIpc) is 2.27. The predicted molar refractivity (Wildman–Crippen MR) is 55.3 cm³/mol. The Hall–Kier alpha value is -1.86. The van der Waals surface area contributed by atoms with Gasteiger partial charge in [-0.1, -0.05) is 0 Å². The first-order chi connectivity index (χ1) is 7.51. The average molecular weight is 228 g/mol. The highest BCUT2D eigenvalue weighted by atomic mass is 16.6. The maximum atomic E-state index is 10.6. The van der Waals surface area contributed by atoms with Gasteiger partial charge in [0.2, 0.25) is 5.75 Å². The Balaban J connectivity index is 3.34. The SMILES string of the molecule is COc1cc([C@@H](N)CO)cc([N+](=O)[O-])c1O. The molecule has 0 saturated carbocycles. The number of hydrogen-bond donors (Lipinski definition) is 3. The number of nitro groups is 1. The second-order valence-corrected chi connectivity index (χ2v) is 3.14. The van der Waals surface area contributed by atoms with Crippen LogP contribution >= 0.6 is 0 Å². The van der Waals surface area contributed by atoms with E-state index in [2.05, 4.69) is 0 Å². The fourth-order valence-corrected chi connectivity index (χ4v) is 1.23. The van der Waals surface area contributed by atoms with E-state index in [9.17, 15) is 15.2 Å². The molecule has 4 N–H and O–H groups in total. The number of methoxy groups -OCH3 is 1. The first kappa shape index (κ1) is 12.2. The maximum Gasteiger partial charge on any atom is 0.314 e. The van der Waals surface area contributed by atoms with Gasteiger partial charge in [0.15, 0.2) is 5.75 Å². The van der Waals surface area contributed by atoms with Crippen molar-refractivity contribution in [1.29, 1.82) is 0 Å². The molecule has 1 atom stereocenters. The fraction of sp³-hybridized carbons (Fsp3) is 0.333. The van der Waals surface area contributed by atoms with Crippen LogP contribution in [0.3, 0.4) is 0 Å². The summed E-state index contributed by atoms with van der Waals surface area (Å²) in [5, 5.41) is 29.0. The molecule has 88 valence electrons. The van der Waals surface area contributed by atoms with Gasteiger partial charge in [-0.15, -0.1) is 0 Å². The third-order valence-electron chi connectivity index (χ3n) is 2.12. The van der Waals surface area contributed by atoms with Crippen LogP contribution in [0.4, 0.5) is 5.69 Å². The highest BCUT2D eigenvalue weighted by molar-refractivity contribution is 5.57. The molecule has 0 aliphatic heterocycles. The van der Waals surface area contributed by atoms with Crippen molar-refractivity contribution in [3.05, 3.63) is 27.8 Å². The molecule has 16 heavy (non-hydrogen) atoms. The lowest BCUT2D eigenvalue weighted by molar-refractivity contribution is -0.386. The number of ether oxygens (including phenoxy) is 1. The largest absolute Gasteiger partial charge is 0.500 e. The highest BCUT2D eigenvalue weighted by Crippen LogP contribution is 2.37. The molecule has 0 radical (unpaired) electrons. The first-order valence-electron chi connectivity index (χ1n) is 4.43. The molecule has 1 aromatic carbocycles. The highest BCUT2D eigenvalue weighted by Gasteiger charge is 2.21. The smallest absolute Gasteiger partial charge is 0.314 e. The number of nitrogens with two attached hydrogens (primary N) is 1. The zero-order valence-electron chi connectivity index (χ0n) is 8.58. The predicted octanol–water partition coefficient (Wildman–Crippen LogP) is 0.301. The molecular weight excluding hydrogens is 216 g/mol. The number of rotatable bonds is 4. The van der Waals surface area contributed by atoms with Crippen molar-refractivity contribution in [1.82, 2.24) is 0 Å². The fourth-order valence-electron chi connectivity index (χ4n) is 1.23. The van der Waals surface area contributed by atoms with Gasteiger partial charge < -0.3 is 20.7 Å². The zero-order chi connectivity index (χ0) is 12.3. The second-order valence-electron chi connectivity index (χ2n) is 3.14. The van der Waals surface area contributed by atoms with Crippen molar-refractivity contribution in [2.24, 2.45) is 5.73 Å². The van der Waals surface area contributed by atoms with Crippen molar-refractivity contribution in [2.45, 2.75) is 6.04 Å². The van der Waals surface area contributed by atoms with Crippen LogP contribution in [-0.2, 0) is 0 Å². The van der Waals surface area contributed by atoms with Crippen LogP contribution in [0, 0.1) is 10.1 Å². The van der Waals surface area contributed by atoms with Crippen LogP contribution in [0.2, 0.25) is 0 Å². The molecule has 0 aromatic heterocycles. The molecule has 1 rings (SSSR count).